The van der Waals surface area contributed by atoms with Crippen molar-refractivity contribution >= 4 is 44.0 Å². The molecule has 10 heteroatoms. The van der Waals surface area contributed by atoms with Gasteiger partial charge in [-0.3, -0.25) is 10.1 Å². The Morgan fingerprint density at radius 2 is 1.83 bits per heavy atom. The number of hydrogen-bond acceptors (Lipinski definition) is 6. The van der Waals surface area contributed by atoms with Gasteiger partial charge in [0.15, 0.2) is 5.01 Å². The molecular weight excluding hydrogens is 432 g/mol. The number of sulfonamides is 1. The first kappa shape index (κ1) is 21.4. The Balaban J connectivity index is 1.91. The molecule has 1 heterocycles. The van der Waals surface area contributed by atoms with E-state index in [0.29, 0.717) is 26.3 Å². The molecule has 0 aliphatic carbocycles. The Morgan fingerprint density at radius 1 is 1.14 bits per heavy atom. The van der Waals surface area contributed by atoms with Crippen LogP contribution in [0.15, 0.2) is 41.3 Å². The summed E-state index contributed by atoms with van der Waals surface area (Å²) in [7, 11) is -0.777. The molecule has 0 atom stereocenters. The van der Waals surface area contributed by atoms with Crippen LogP contribution >= 0.6 is 22.9 Å². The zero-order chi connectivity index (χ0) is 21.3. The number of hydrogen-bond donors (Lipinski definition) is 1. The van der Waals surface area contributed by atoms with Crippen LogP contribution in [0.1, 0.15) is 21.5 Å². The number of carbonyl (C=O) groups excluding carboxylic acids is 1. The van der Waals surface area contributed by atoms with E-state index in [4.69, 9.17) is 11.6 Å². The first-order valence-electron chi connectivity index (χ1n) is 8.55. The average Bonchev–Trinajstić information content (AvgIpc) is 3.12. The maximum Gasteiger partial charge on any atom is 0.257 e. The molecule has 29 heavy (non-hydrogen) atoms. The smallest absolute Gasteiger partial charge is 0.257 e. The highest BCUT2D eigenvalue weighted by atomic mass is 35.5. The lowest BCUT2D eigenvalue weighted by molar-refractivity contribution is 0.102. The van der Waals surface area contributed by atoms with Crippen molar-refractivity contribution in [3.05, 3.63) is 58.1 Å². The molecule has 3 rings (SSSR count). The second-order valence-corrected chi connectivity index (χ2v) is 10.1. The summed E-state index contributed by atoms with van der Waals surface area (Å²) in [6, 6.07) is 10.2. The minimum Gasteiger partial charge on any atom is -0.296 e. The Bertz CT molecular complexity index is 1190. The molecule has 3 aromatic rings. The number of nitrogens with one attached hydrogen (secondary N) is 1. The Hall–Kier alpha value is -2.33. The van der Waals surface area contributed by atoms with Crippen molar-refractivity contribution in [1.82, 2.24) is 14.5 Å². The minimum atomic E-state index is -3.68. The minimum absolute atomic E-state index is 0.0988. The Labute approximate surface area is 178 Å². The molecule has 152 valence electrons. The van der Waals surface area contributed by atoms with E-state index in [1.807, 2.05) is 18.2 Å². The van der Waals surface area contributed by atoms with Crippen molar-refractivity contribution in [1.29, 1.82) is 0 Å². The number of halogens is 1. The summed E-state index contributed by atoms with van der Waals surface area (Å²) in [4.78, 5) is 12.8. The molecule has 7 nitrogen and oxygen atoms in total. The average molecular weight is 451 g/mol. The highest BCUT2D eigenvalue weighted by Gasteiger charge is 2.23. The number of aromatic nitrogens is 2. The first-order valence-corrected chi connectivity index (χ1v) is 11.2. The lowest BCUT2D eigenvalue weighted by Crippen LogP contribution is -2.24. The van der Waals surface area contributed by atoms with E-state index in [-0.39, 0.29) is 10.5 Å². The van der Waals surface area contributed by atoms with Gasteiger partial charge in [-0.2, -0.15) is 0 Å². The molecule has 0 saturated heterocycles. The van der Waals surface area contributed by atoms with Gasteiger partial charge in [0.05, 0.1) is 9.92 Å². The highest BCUT2D eigenvalue weighted by Crippen LogP contribution is 2.32. The number of anilines is 1. The number of rotatable bonds is 5. The summed E-state index contributed by atoms with van der Waals surface area (Å²) < 4.78 is 26.3. The van der Waals surface area contributed by atoms with Gasteiger partial charge < -0.3 is 0 Å². The quantitative estimate of drug-likeness (QED) is 0.634. The number of carbonyl (C=O) groups is 1. The van der Waals surface area contributed by atoms with Crippen molar-refractivity contribution in [3.8, 4) is 10.6 Å². The third-order valence-corrected chi connectivity index (χ3v) is 7.53. The number of benzene rings is 2. The van der Waals surface area contributed by atoms with Crippen LogP contribution in [0.3, 0.4) is 0 Å². The van der Waals surface area contributed by atoms with Crippen molar-refractivity contribution in [3.63, 3.8) is 0 Å². The molecular formula is C19H19ClN4O3S2. The highest BCUT2D eigenvalue weighted by molar-refractivity contribution is 7.89. The summed E-state index contributed by atoms with van der Waals surface area (Å²) in [5.74, 6) is -0.467. The summed E-state index contributed by atoms with van der Waals surface area (Å²) in [5.41, 5.74) is 2.25. The summed E-state index contributed by atoms with van der Waals surface area (Å²) in [6.45, 7) is 3.48. The molecule has 0 radical (unpaired) electrons. The van der Waals surface area contributed by atoms with Gasteiger partial charge in [-0.25, -0.2) is 12.7 Å². The van der Waals surface area contributed by atoms with Crippen LogP contribution in [0.2, 0.25) is 5.02 Å². The van der Waals surface area contributed by atoms with Gasteiger partial charge >= 0.3 is 0 Å². The molecule has 0 aliphatic rings. The van der Waals surface area contributed by atoms with Gasteiger partial charge in [0.2, 0.25) is 15.2 Å². The maximum absolute atomic E-state index is 12.7. The van der Waals surface area contributed by atoms with E-state index in [1.54, 1.807) is 26.0 Å². The zero-order valence-corrected chi connectivity index (χ0v) is 18.6. The van der Waals surface area contributed by atoms with Crippen molar-refractivity contribution in [2.24, 2.45) is 0 Å². The van der Waals surface area contributed by atoms with E-state index in [0.717, 1.165) is 9.87 Å². The molecule has 1 amide bonds. The van der Waals surface area contributed by atoms with E-state index < -0.39 is 15.9 Å². The van der Waals surface area contributed by atoms with E-state index in [9.17, 15) is 13.2 Å². The largest absolute Gasteiger partial charge is 0.296 e. The third-order valence-electron chi connectivity index (χ3n) is 4.39. The predicted octanol–water partition coefficient (Wildman–Crippen LogP) is 3.98. The lowest BCUT2D eigenvalue weighted by atomic mass is 10.1. The van der Waals surface area contributed by atoms with Gasteiger partial charge in [0.1, 0.15) is 0 Å². The van der Waals surface area contributed by atoms with E-state index in [2.05, 4.69) is 15.5 Å². The normalized spacial score (nSPS) is 11.7. The molecule has 0 aliphatic heterocycles. The SMILES string of the molecule is Cc1cc(C(=O)Nc2nnc(-c3ccccc3Cl)s2)cc(S(=O)(=O)N(C)C)c1C. The Morgan fingerprint density at radius 3 is 2.48 bits per heavy atom. The lowest BCUT2D eigenvalue weighted by Gasteiger charge is -2.16. The summed E-state index contributed by atoms with van der Waals surface area (Å²) in [6.07, 6.45) is 0. The standard InChI is InChI=1S/C19H19ClN4O3S2/c1-11-9-13(10-16(12(11)2)29(26,27)24(3)4)17(25)21-19-23-22-18(28-19)14-7-5-6-8-15(14)20/h5-10H,1-4H3,(H,21,23,25). The van der Waals surface area contributed by atoms with Crippen molar-refractivity contribution in [2.75, 3.05) is 19.4 Å². The van der Waals surface area contributed by atoms with Gasteiger partial charge in [0.25, 0.3) is 5.91 Å². The molecule has 1 N–H and O–H groups in total. The fraction of sp³-hybridized carbons (Fsp3) is 0.211. The van der Waals surface area contributed by atoms with Crippen LogP contribution in [0, 0.1) is 13.8 Å². The molecule has 0 unspecified atom stereocenters. The van der Waals surface area contributed by atoms with Crippen molar-refractivity contribution < 1.29 is 13.2 Å². The van der Waals surface area contributed by atoms with Crippen molar-refractivity contribution in [2.45, 2.75) is 18.7 Å². The molecule has 1 aromatic heterocycles. The zero-order valence-electron chi connectivity index (χ0n) is 16.2. The van der Waals surface area contributed by atoms with Crippen LogP contribution < -0.4 is 5.32 Å². The fourth-order valence-corrected chi connectivity index (χ4v) is 4.89. The Kier molecular flexibility index (Phi) is 6.04. The van der Waals surface area contributed by atoms with E-state index >= 15 is 0 Å². The summed E-state index contributed by atoms with van der Waals surface area (Å²) >= 11 is 7.36. The van der Waals surface area contributed by atoms with Gasteiger partial charge in [-0.1, -0.05) is 41.1 Å². The van der Waals surface area contributed by atoms with Crippen LogP contribution in [0.5, 0.6) is 0 Å². The molecule has 0 saturated carbocycles. The summed E-state index contributed by atoms with van der Waals surface area (Å²) in [5, 5.41) is 12.1. The van der Waals surface area contributed by atoms with Crippen LogP contribution in [-0.4, -0.2) is 42.9 Å². The predicted molar refractivity (Wildman–Crippen MR) is 115 cm³/mol. The fourth-order valence-electron chi connectivity index (χ4n) is 2.61. The van der Waals surface area contributed by atoms with Crippen LogP contribution in [0.25, 0.3) is 10.6 Å². The van der Waals surface area contributed by atoms with Crippen LogP contribution in [0.4, 0.5) is 5.13 Å². The third kappa shape index (κ3) is 4.32. The van der Waals surface area contributed by atoms with Crippen LogP contribution in [-0.2, 0) is 10.0 Å². The number of nitrogens with zero attached hydrogens (tertiary/aromatic N) is 3. The molecule has 0 spiro atoms. The second-order valence-electron chi connectivity index (χ2n) is 6.55. The topological polar surface area (TPSA) is 92.3 Å². The van der Waals surface area contributed by atoms with Gasteiger partial charge in [-0.15, -0.1) is 10.2 Å². The monoisotopic (exact) mass is 450 g/mol. The second kappa shape index (κ2) is 8.19. The maximum atomic E-state index is 12.7. The molecule has 0 fully saturated rings. The van der Waals surface area contributed by atoms with Gasteiger partial charge in [-0.05, 0) is 43.2 Å². The first-order chi connectivity index (χ1) is 13.6. The number of aryl methyl sites for hydroxylation is 1. The van der Waals surface area contributed by atoms with Gasteiger partial charge in [0, 0.05) is 25.2 Å². The van der Waals surface area contributed by atoms with E-state index in [1.165, 1.54) is 31.5 Å². The molecule has 2 aromatic carbocycles. The number of amides is 1. The molecule has 0 bridgehead atoms.